The van der Waals surface area contributed by atoms with Crippen molar-refractivity contribution in [3.63, 3.8) is 0 Å². The van der Waals surface area contributed by atoms with Crippen molar-refractivity contribution < 1.29 is 28.5 Å². The van der Waals surface area contributed by atoms with E-state index in [0.717, 1.165) is 153 Å². The van der Waals surface area contributed by atoms with Gasteiger partial charge in [-0.3, -0.25) is 29.0 Å². The molecule has 6 heterocycles. The first-order valence-electron chi connectivity index (χ1n) is 40.3. The zero-order chi connectivity index (χ0) is 78.5. The maximum atomic E-state index is 15.0. The number of aromatic nitrogens is 6. The lowest BCUT2D eigenvalue weighted by molar-refractivity contribution is 0.0490. The Morgan fingerprint density at radius 3 is 1.00 bits per heavy atom. The maximum Gasteiger partial charge on any atom is 0.269 e. The van der Waals surface area contributed by atoms with Crippen molar-refractivity contribution >= 4 is 45.7 Å². The average Bonchev–Trinajstić information content (AvgIpc) is 1.50. The van der Waals surface area contributed by atoms with E-state index in [1.165, 1.54) is 0 Å². The molecule has 12 aromatic rings. The fourth-order valence-electron chi connectivity index (χ4n) is 17.2. The summed E-state index contributed by atoms with van der Waals surface area (Å²) < 4.78 is 30.4. The highest BCUT2D eigenvalue weighted by molar-refractivity contribution is 6.05. The molecule has 0 radical (unpaired) electrons. The molecular weight excluding hydrogens is 1420 g/mol. The van der Waals surface area contributed by atoms with Crippen LogP contribution in [0.15, 0.2) is 243 Å². The summed E-state index contributed by atoms with van der Waals surface area (Å²) in [5.41, 5.74) is 23.6. The van der Waals surface area contributed by atoms with Crippen LogP contribution in [0, 0.1) is 0 Å². The van der Waals surface area contributed by atoms with Crippen LogP contribution in [0.5, 0.6) is 34.5 Å². The van der Waals surface area contributed by atoms with E-state index < -0.39 is 11.1 Å². The molecule has 10 aromatic carbocycles. The van der Waals surface area contributed by atoms with Crippen molar-refractivity contribution in [2.24, 2.45) is 0 Å². The summed E-state index contributed by atoms with van der Waals surface area (Å²) in [6.07, 6.45) is 5.22. The number of hydrogen-bond acceptors (Lipinski definition) is 16. The molecule has 0 unspecified atom stereocenters. The molecule has 2 amide bonds. The van der Waals surface area contributed by atoms with Gasteiger partial charge in [0.1, 0.15) is 45.6 Å². The molecule has 0 atom stereocenters. The van der Waals surface area contributed by atoms with Crippen LogP contribution in [-0.4, -0.2) is 117 Å². The second-order valence-electron chi connectivity index (χ2n) is 29.0. The lowest BCUT2D eigenvalue weighted by atomic mass is 9.75. The zero-order valence-corrected chi connectivity index (χ0v) is 66.2. The third-order valence-corrected chi connectivity index (χ3v) is 22.8. The van der Waals surface area contributed by atoms with Gasteiger partial charge in [-0.05, 0) is 149 Å². The van der Waals surface area contributed by atoms with Gasteiger partial charge in [0.15, 0.2) is 0 Å². The van der Waals surface area contributed by atoms with Crippen LogP contribution < -0.4 is 49.4 Å². The molecule has 4 aliphatic rings. The SMILES string of the molecule is CCN(CC)c1ccc2c(c1)Oc1cc(N(CC)CC)ccc1C21c2ccccc2C(=O)N1NCc1cn(CCCOc2ccc(/C(=C(\c3ccccc3)c3ccc(OCCCn4cc(CNN5C(=O)c6ccccc6C56c5ccc(N(CC)CC)cc5Oc5cc(N(CC)CC)ccc56)nn4)cc3)c3ccccc3)cc2)nn1. The summed E-state index contributed by atoms with van der Waals surface area (Å²) in [5.74, 6) is 4.08. The predicted molar refractivity (Wildman–Crippen MR) is 450 cm³/mol. The Balaban J connectivity index is 0.571. The number of fused-ring (bicyclic) bond motifs is 12. The molecule has 2 N–H and O–H groups in total. The number of carbonyl (C=O) groups is 2. The highest BCUT2D eigenvalue weighted by atomic mass is 16.5. The Morgan fingerprint density at radius 1 is 0.368 bits per heavy atom. The number of hydrazine groups is 2. The average molecular weight is 1520 g/mol. The van der Waals surface area contributed by atoms with E-state index in [1.807, 2.05) is 94.6 Å². The van der Waals surface area contributed by atoms with Gasteiger partial charge in [-0.25, -0.2) is 10.9 Å². The van der Waals surface area contributed by atoms with Gasteiger partial charge in [-0.1, -0.05) is 156 Å². The van der Waals surface area contributed by atoms with Crippen LogP contribution >= 0.6 is 0 Å². The summed E-state index contributed by atoms with van der Waals surface area (Å²) in [6, 6.07) is 79.2. The molecule has 580 valence electrons. The number of anilines is 4. The monoisotopic (exact) mass is 1520 g/mol. The Labute approximate surface area is 667 Å². The summed E-state index contributed by atoms with van der Waals surface area (Å²) in [5, 5.41) is 21.9. The molecule has 2 spiro atoms. The first-order valence-corrected chi connectivity index (χ1v) is 40.3. The Morgan fingerprint density at radius 2 is 0.675 bits per heavy atom. The van der Waals surface area contributed by atoms with E-state index in [-0.39, 0.29) is 24.9 Å². The topological polar surface area (TPSA) is 176 Å². The van der Waals surface area contributed by atoms with Gasteiger partial charge in [-0.15, -0.1) is 10.2 Å². The van der Waals surface area contributed by atoms with Crippen molar-refractivity contribution in [2.75, 3.05) is 85.2 Å². The maximum absolute atomic E-state index is 15.0. The molecule has 20 nitrogen and oxygen atoms in total. The lowest BCUT2D eigenvalue weighted by Gasteiger charge is -2.44. The third-order valence-electron chi connectivity index (χ3n) is 22.8. The molecule has 20 heteroatoms. The quantitative estimate of drug-likeness (QED) is 0.0300. The highest BCUT2D eigenvalue weighted by Crippen LogP contribution is 2.60. The van der Waals surface area contributed by atoms with Crippen LogP contribution in [0.25, 0.3) is 11.1 Å². The minimum Gasteiger partial charge on any atom is -0.494 e. The largest absolute Gasteiger partial charge is 0.494 e. The number of hydrogen-bond donors (Lipinski definition) is 2. The van der Waals surface area contributed by atoms with Crippen molar-refractivity contribution in [1.29, 1.82) is 0 Å². The van der Waals surface area contributed by atoms with E-state index in [2.05, 4.69) is 264 Å². The number of carbonyl (C=O) groups excluding carboxylic acids is 2. The fourth-order valence-corrected chi connectivity index (χ4v) is 17.2. The van der Waals surface area contributed by atoms with Crippen LogP contribution in [0.1, 0.15) is 156 Å². The van der Waals surface area contributed by atoms with E-state index in [9.17, 15) is 9.59 Å². The molecule has 4 aliphatic heterocycles. The summed E-state index contributed by atoms with van der Waals surface area (Å²) in [4.78, 5) is 39.1. The van der Waals surface area contributed by atoms with Crippen LogP contribution in [0.3, 0.4) is 0 Å². The van der Waals surface area contributed by atoms with Crippen LogP contribution in [0.2, 0.25) is 0 Å². The number of ether oxygens (including phenoxy) is 4. The van der Waals surface area contributed by atoms with Gasteiger partial charge < -0.3 is 38.5 Å². The van der Waals surface area contributed by atoms with Gasteiger partial charge in [0.25, 0.3) is 11.8 Å². The van der Waals surface area contributed by atoms with Gasteiger partial charge in [0.2, 0.25) is 0 Å². The fraction of sp³-hybridized carbons (Fsp3) is 0.277. The Bertz CT molecular complexity index is 5000. The number of nitrogens with one attached hydrogen (secondary N) is 2. The van der Waals surface area contributed by atoms with E-state index in [4.69, 9.17) is 18.9 Å². The number of aryl methyl sites for hydroxylation is 2. The highest BCUT2D eigenvalue weighted by Gasteiger charge is 2.59. The predicted octanol–water partition coefficient (Wildman–Crippen LogP) is 17.3. The summed E-state index contributed by atoms with van der Waals surface area (Å²) in [7, 11) is 0. The van der Waals surface area contributed by atoms with Gasteiger partial charge >= 0.3 is 0 Å². The number of nitrogens with zero attached hydrogens (tertiary/aromatic N) is 12. The van der Waals surface area contributed by atoms with Gasteiger partial charge in [0, 0.05) is 182 Å². The van der Waals surface area contributed by atoms with Crippen molar-refractivity contribution in [1.82, 2.24) is 50.9 Å². The second kappa shape index (κ2) is 33.0. The molecule has 0 aliphatic carbocycles. The van der Waals surface area contributed by atoms with Crippen molar-refractivity contribution in [3.05, 3.63) is 321 Å². The van der Waals surface area contributed by atoms with Gasteiger partial charge in [0.05, 0.1) is 37.7 Å². The first-order chi connectivity index (χ1) is 55.9. The van der Waals surface area contributed by atoms with Crippen LogP contribution in [0.4, 0.5) is 22.7 Å². The molecule has 114 heavy (non-hydrogen) atoms. The van der Waals surface area contributed by atoms with E-state index in [0.29, 0.717) is 84.7 Å². The molecule has 0 bridgehead atoms. The second-order valence-corrected chi connectivity index (χ2v) is 29.0. The van der Waals surface area contributed by atoms with Crippen molar-refractivity contribution in [3.8, 4) is 34.5 Å². The molecule has 0 saturated carbocycles. The molecular formula is C94H98N14O6. The Hall–Kier alpha value is -12.5. The van der Waals surface area contributed by atoms with E-state index in [1.54, 1.807) is 10.0 Å². The van der Waals surface area contributed by atoms with Gasteiger partial charge in [-0.2, -0.15) is 0 Å². The first kappa shape index (κ1) is 75.5. The van der Waals surface area contributed by atoms with E-state index >= 15 is 0 Å². The molecule has 16 rings (SSSR count). The number of amides is 2. The summed E-state index contributed by atoms with van der Waals surface area (Å²) in [6.45, 7) is 26.6. The molecule has 0 fully saturated rings. The van der Waals surface area contributed by atoms with Crippen LogP contribution in [-0.2, 0) is 37.3 Å². The third kappa shape index (κ3) is 13.9. The lowest BCUT2D eigenvalue weighted by Crippen LogP contribution is -2.54. The van der Waals surface area contributed by atoms with Crippen molar-refractivity contribution in [2.45, 2.75) is 105 Å². The Kier molecular flexibility index (Phi) is 21.9. The molecule has 2 aromatic heterocycles. The molecule has 0 saturated heterocycles. The zero-order valence-electron chi connectivity index (χ0n) is 66.2. The minimum absolute atomic E-state index is 0.135. The normalized spacial score (nSPS) is 14.0. The summed E-state index contributed by atoms with van der Waals surface area (Å²) >= 11 is 0. The number of rotatable bonds is 32. The number of benzene rings is 10. The standard InChI is InChI=1S/C94H98N14O6/c1-9-101(10-2)71-41-49-81-85(57-71)113-86-58-72(102(11-3)12-4)42-50-82(86)93(81)79-35-25-23-33-77(79)91(109)107(93)95-61-69-63-105(99-97-69)53-27-55-111-75-45-37-67(38-46-75)89(65-29-19-17-20-30-65)90(66-31-21-18-22-32-66)68-39-47-76(48-40-68)112-56-28-54-106-64-70(98-100-106)62-96-108-92(110)78-34-24-26-36-80(78)94(108)83-51-43-73(103(13-5)14-6)59-87(83)114-88-60-74(44-52-84(88)94)104(15-7)16-8/h17-26,29-52,57-60,63-64,95-96H,9-16,27-28,53-56,61-62H2,1-8H3/b90-89+. The minimum atomic E-state index is -1.05. The smallest absolute Gasteiger partial charge is 0.269 e.